The number of ether oxygens (including phenoxy) is 1. The van der Waals surface area contributed by atoms with Crippen LogP contribution in [-0.2, 0) is 20.8 Å². The smallest absolute Gasteiger partial charge is 0.310 e. The molecule has 0 fully saturated rings. The van der Waals surface area contributed by atoms with Crippen molar-refractivity contribution in [2.45, 2.75) is 32.3 Å². The van der Waals surface area contributed by atoms with Gasteiger partial charge >= 0.3 is 5.97 Å². The van der Waals surface area contributed by atoms with E-state index in [-0.39, 0.29) is 24.4 Å². The zero-order chi connectivity index (χ0) is 20.9. The molecule has 3 aromatic rings. The van der Waals surface area contributed by atoms with E-state index in [9.17, 15) is 4.79 Å². The third-order valence-corrected chi connectivity index (χ3v) is 5.63. The van der Waals surface area contributed by atoms with Crippen LogP contribution in [-0.4, -0.2) is 29.4 Å². The molecule has 0 saturated carbocycles. The molecular formula is C24H23BrN2O3. The average molecular weight is 467 g/mol. The van der Waals surface area contributed by atoms with E-state index in [0.717, 1.165) is 38.6 Å². The Labute approximate surface area is 184 Å². The molecule has 2 aromatic carbocycles. The summed E-state index contributed by atoms with van der Waals surface area (Å²) in [6.07, 6.45) is 3.49. The molecule has 5 nitrogen and oxygen atoms in total. The van der Waals surface area contributed by atoms with E-state index in [0.29, 0.717) is 13.0 Å². The number of esters is 1. The number of carbonyl (C=O) groups is 1. The molecule has 1 aliphatic rings. The predicted molar refractivity (Wildman–Crippen MR) is 120 cm³/mol. The van der Waals surface area contributed by atoms with Crippen LogP contribution in [0.4, 0.5) is 0 Å². The van der Waals surface area contributed by atoms with Crippen LogP contribution in [0.5, 0.6) is 0 Å². The zero-order valence-corrected chi connectivity index (χ0v) is 18.3. The van der Waals surface area contributed by atoms with Gasteiger partial charge in [0.2, 0.25) is 0 Å². The van der Waals surface area contributed by atoms with E-state index in [1.807, 2.05) is 54.6 Å². The van der Waals surface area contributed by atoms with Crippen LogP contribution in [0, 0.1) is 5.92 Å². The topological polar surface area (TPSA) is 60.8 Å². The maximum Gasteiger partial charge on any atom is 0.310 e. The van der Waals surface area contributed by atoms with Gasteiger partial charge in [0.05, 0.1) is 18.7 Å². The van der Waals surface area contributed by atoms with Crippen molar-refractivity contribution in [2.75, 3.05) is 6.61 Å². The van der Waals surface area contributed by atoms with Gasteiger partial charge in [0.15, 0.2) is 0 Å². The molecule has 2 atom stereocenters. The van der Waals surface area contributed by atoms with E-state index in [1.165, 1.54) is 0 Å². The number of hydrogen-bond acceptors (Lipinski definition) is 5. The second-order valence-electron chi connectivity index (χ2n) is 7.67. The summed E-state index contributed by atoms with van der Waals surface area (Å²) in [5.41, 5.74) is 2.67. The lowest BCUT2D eigenvalue weighted by molar-refractivity contribution is -0.144. The van der Waals surface area contributed by atoms with Gasteiger partial charge in [-0.05, 0) is 56.7 Å². The third-order valence-electron chi connectivity index (χ3n) is 5.16. The van der Waals surface area contributed by atoms with Crippen molar-refractivity contribution in [2.24, 2.45) is 11.1 Å². The first kappa shape index (κ1) is 20.5. The lowest BCUT2D eigenvalue weighted by Gasteiger charge is -2.15. The minimum absolute atomic E-state index is 0.0165. The Morgan fingerprint density at radius 2 is 2.03 bits per heavy atom. The Morgan fingerprint density at radius 1 is 1.20 bits per heavy atom. The van der Waals surface area contributed by atoms with Crippen molar-refractivity contribution in [3.05, 3.63) is 76.5 Å². The molecule has 0 N–H and O–H groups in total. The highest BCUT2D eigenvalue weighted by Gasteiger charge is 2.25. The number of pyridine rings is 1. The van der Waals surface area contributed by atoms with Gasteiger partial charge in [0, 0.05) is 17.1 Å². The monoisotopic (exact) mass is 466 g/mol. The maximum atomic E-state index is 12.4. The minimum atomic E-state index is -0.207. The van der Waals surface area contributed by atoms with Crippen LogP contribution < -0.4 is 0 Å². The quantitative estimate of drug-likeness (QED) is 0.443. The number of nitrogens with zero attached hydrogens (tertiary/aromatic N) is 2. The highest BCUT2D eigenvalue weighted by Crippen LogP contribution is 2.23. The number of aromatic nitrogens is 1. The fraction of sp³-hybridized carbons (Fsp3) is 0.292. The number of hydrogen-bond donors (Lipinski definition) is 0. The molecule has 0 bridgehead atoms. The summed E-state index contributed by atoms with van der Waals surface area (Å²) in [4.78, 5) is 22.3. The van der Waals surface area contributed by atoms with Gasteiger partial charge in [0.25, 0.3) is 0 Å². The van der Waals surface area contributed by atoms with Gasteiger partial charge in [-0.3, -0.25) is 9.78 Å². The van der Waals surface area contributed by atoms with E-state index in [4.69, 9.17) is 9.57 Å². The molecule has 4 rings (SSSR count). The Balaban J connectivity index is 1.24. The van der Waals surface area contributed by atoms with Crippen LogP contribution in [0.15, 0.2) is 70.4 Å². The number of benzene rings is 2. The molecule has 0 amide bonds. The standard InChI is InChI=1S/C24H23BrN2O3/c1-16(11-20-13-23(27-30-20)22-10-9-19(25)14-26-22)15-29-24(28)12-18-7-4-6-17-5-2-3-8-21(17)18/h2-10,14,16,20H,11-13,15H2,1H3. The summed E-state index contributed by atoms with van der Waals surface area (Å²) >= 11 is 3.38. The van der Waals surface area contributed by atoms with Crippen molar-refractivity contribution in [3.63, 3.8) is 0 Å². The molecule has 0 radical (unpaired) electrons. The maximum absolute atomic E-state index is 12.4. The normalized spacial score (nSPS) is 16.7. The Morgan fingerprint density at radius 3 is 2.87 bits per heavy atom. The van der Waals surface area contributed by atoms with Gasteiger partial charge in [-0.25, -0.2) is 0 Å². The highest BCUT2D eigenvalue weighted by atomic mass is 79.9. The molecule has 2 heterocycles. The number of oxime groups is 1. The number of halogens is 1. The van der Waals surface area contributed by atoms with E-state index < -0.39 is 0 Å². The van der Waals surface area contributed by atoms with Gasteiger partial charge in [-0.2, -0.15) is 0 Å². The molecule has 6 heteroatoms. The van der Waals surface area contributed by atoms with E-state index in [2.05, 4.69) is 33.0 Å². The lowest BCUT2D eigenvalue weighted by atomic mass is 10.00. The van der Waals surface area contributed by atoms with Crippen LogP contribution in [0.3, 0.4) is 0 Å². The van der Waals surface area contributed by atoms with Crippen molar-refractivity contribution in [1.29, 1.82) is 0 Å². The largest absolute Gasteiger partial charge is 0.465 e. The van der Waals surface area contributed by atoms with Crippen LogP contribution in [0.1, 0.15) is 31.0 Å². The second kappa shape index (κ2) is 9.39. The SMILES string of the molecule is CC(COC(=O)Cc1cccc2ccccc12)CC1CC(c2ccc(Br)cn2)=NO1. The Kier molecular flexibility index (Phi) is 6.43. The first-order chi connectivity index (χ1) is 14.6. The lowest BCUT2D eigenvalue weighted by Crippen LogP contribution is -2.19. The van der Waals surface area contributed by atoms with E-state index >= 15 is 0 Å². The van der Waals surface area contributed by atoms with Crippen LogP contribution in [0.25, 0.3) is 10.8 Å². The molecule has 30 heavy (non-hydrogen) atoms. The summed E-state index contributed by atoms with van der Waals surface area (Å²) in [6, 6.07) is 17.9. The van der Waals surface area contributed by atoms with Crippen LogP contribution >= 0.6 is 15.9 Å². The molecule has 154 valence electrons. The summed E-state index contributed by atoms with van der Waals surface area (Å²) in [5, 5.41) is 6.40. The Bertz CT molecular complexity index is 1060. The van der Waals surface area contributed by atoms with Gasteiger partial charge in [-0.15, -0.1) is 0 Å². The summed E-state index contributed by atoms with van der Waals surface area (Å²) in [7, 11) is 0. The van der Waals surface area contributed by atoms with Crippen molar-refractivity contribution in [1.82, 2.24) is 4.98 Å². The highest BCUT2D eigenvalue weighted by molar-refractivity contribution is 9.10. The minimum Gasteiger partial charge on any atom is -0.465 e. The summed E-state index contributed by atoms with van der Waals surface area (Å²) in [6.45, 7) is 2.43. The van der Waals surface area contributed by atoms with E-state index in [1.54, 1.807) is 6.20 Å². The fourth-order valence-corrected chi connectivity index (χ4v) is 3.89. The third kappa shape index (κ3) is 5.05. The molecule has 1 aromatic heterocycles. The predicted octanol–water partition coefficient (Wildman–Crippen LogP) is 5.30. The first-order valence-corrected chi connectivity index (χ1v) is 10.8. The summed E-state index contributed by atoms with van der Waals surface area (Å²) < 4.78 is 6.47. The fourth-order valence-electron chi connectivity index (χ4n) is 3.66. The van der Waals surface area contributed by atoms with Crippen molar-refractivity contribution < 1.29 is 14.4 Å². The average Bonchev–Trinajstić information content (AvgIpc) is 3.21. The molecule has 0 aliphatic carbocycles. The summed E-state index contributed by atoms with van der Waals surface area (Å²) in [5.74, 6) is -0.0274. The zero-order valence-electron chi connectivity index (χ0n) is 16.8. The van der Waals surface area contributed by atoms with Gasteiger partial charge in [-0.1, -0.05) is 54.5 Å². The van der Waals surface area contributed by atoms with Crippen molar-refractivity contribution >= 4 is 38.4 Å². The first-order valence-electron chi connectivity index (χ1n) is 10.1. The molecular weight excluding hydrogens is 444 g/mol. The number of fused-ring (bicyclic) bond motifs is 1. The number of rotatable bonds is 7. The molecule has 2 unspecified atom stereocenters. The van der Waals surface area contributed by atoms with Gasteiger partial charge < -0.3 is 9.57 Å². The second-order valence-corrected chi connectivity index (χ2v) is 8.59. The molecule has 0 spiro atoms. The van der Waals surface area contributed by atoms with Crippen LogP contribution in [0.2, 0.25) is 0 Å². The molecule has 1 aliphatic heterocycles. The van der Waals surface area contributed by atoms with Gasteiger partial charge in [0.1, 0.15) is 11.8 Å². The number of carbonyl (C=O) groups excluding carboxylic acids is 1. The molecule has 0 saturated heterocycles. The Hall–Kier alpha value is -2.73. The van der Waals surface area contributed by atoms with Crippen molar-refractivity contribution in [3.8, 4) is 0 Å².